The number of hydrogen-bond acceptors (Lipinski definition) is 1. The molecule has 0 bridgehead atoms. The van der Waals surface area contributed by atoms with Crippen molar-refractivity contribution in [1.29, 1.82) is 0 Å². The summed E-state index contributed by atoms with van der Waals surface area (Å²) in [6.07, 6.45) is 4.19. The van der Waals surface area contributed by atoms with E-state index in [2.05, 4.69) is 6.58 Å². The summed E-state index contributed by atoms with van der Waals surface area (Å²) in [6, 6.07) is 0.0514. The van der Waals surface area contributed by atoms with E-state index >= 15 is 0 Å². The van der Waals surface area contributed by atoms with Crippen molar-refractivity contribution < 1.29 is 13.6 Å². The van der Waals surface area contributed by atoms with Crippen molar-refractivity contribution in [2.24, 2.45) is 5.92 Å². The van der Waals surface area contributed by atoms with E-state index in [-0.39, 0.29) is 24.8 Å². The molecule has 1 saturated carbocycles. The second kappa shape index (κ2) is 4.15. The van der Waals surface area contributed by atoms with Gasteiger partial charge in [0.2, 0.25) is 11.8 Å². The van der Waals surface area contributed by atoms with Crippen LogP contribution in [0.3, 0.4) is 0 Å². The summed E-state index contributed by atoms with van der Waals surface area (Å²) >= 11 is 0. The van der Waals surface area contributed by atoms with Crippen LogP contribution in [0.15, 0.2) is 12.7 Å². The first-order valence-electron chi connectivity index (χ1n) is 5.84. The summed E-state index contributed by atoms with van der Waals surface area (Å²) in [5.74, 6) is -3.18. The molecule has 0 N–H and O–H groups in total. The van der Waals surface area contributed by atoms with Gasteiger partial charge < -0.3 is 4.90 Å². The zero-order valence-electron chi connectivity index (χ0n) is 9.29. The first-order valence-corrected chi connectivity index (χ1v) is 5.84. The Morgan fingerprint density at radius 1 is 1.38 bits per heavy atom. The molecule has 90 valence electrons. The van der Waals surface area contributed by atoms with Crippen molar-refractivity contribution in [3.63, 3.8) is 0 Å². The lowest BCUT2D eigenvalue weighted by Crippen LogP contribution is -2.51. The van der Waals surface area contributed by atoms with Crippen molar-refractivity contribution >= 4 is 5.91 Å². The molecule has 0 aromatic heterocycles. The number of amides is 1. The molecule has 1 aliphatic heterocycles. The Hall–Kier alpha value is -0.930. The molecule has 1 amide bonds. The van der Waals surface area contributed by atoms with E-state index in [1.165, 1.54) is 0 Å². The molecule has 2 fully saturated rings. The zero-order valence-corrected chi connectivity index (χ0v) is 9.29. The van der Waals surface area contributed by atoms with Crippen LogP contribution in [0.5, 0.6) is 0 Å². The zero-order chi connectivity index (χ0) is 11.8. The van der Waals surface area contributed by atoms with E-state index in [0.717, 1.165) is 19.3 Å². The van der Waals surface area contributed by atoms with Crippen molar-refractivity contribution in [3.05, 3.63) is 12.7 Å². The molecular formula is C12H17F2NO. The van der Waals surface area contributed by atoms with Crippen LogP contribution >= 0.6 is 0 Å². The molecule has 1 heterocycles. The standard InChI is InChI=1S/C12H17F2NO/c1-2-10-5-3-4-6-15(10)11(16)9-7-12(13,14)8-9/h2,9-10H,1,3-8H2/t10-/m0/s1. The number of carbonyl (C=O) groups is 1. The van der Waals surface area contributed by atoms with Crippen LogP contribution in [-0.2, 0) is 4.79 Å². The fourth-order valence-corrected chi connectivity index (χ4v) is 2.55. The van der Waals surface area contributed by atoms with Crippen molar-refractivity contribution in [2.75, 3.05) is 6.54 Å². The molecule has 4 heteroatoms. The first-order chi connectivity index (χ1) is 7.53. The lowest BCUT2D eigenvalue weighted by molar-refractivity contribution is -0.162. The van der Waals surface area contributed by atoms with E-state index in [4.69, 9.17) is 0 Å². The highest BCUT2D eigenvalue weighted by atomic mass is 19.3. The summed E-state index contributed by atoms with van der Waals surface area (Å²) < 4.78 is 25.4. The Kier molecular flexibility index (Phi) is 3.00. The maximum absolute atomic E-state index is 12.7. The van der Waals surface area contributed by atoms with Gasteiger partial charge >= 0.3 is 0 Å². The van der Waals surface area contributed by atoms with Gasteiger partial charge in [-0.15, -0.1) is 6.58 Å². The average Bonchev–Trinajstić information content (AvgIpc) is 2.24. The highest BCUT2D eigenvalue weighted by Gasteiger charge is 2.50. The molecular weight excluding hydrogens is 212 g/mol. The predicted octanol–water partition coefficient (Wildman–Crippen LogP) is 2.60. The number of piperidine rings is 1. The van der Waals surface area contributed by atoms with Crippen molar-refractivity contribution in [2.45, 2.75) is 44.1 Å². The largest absolute Gasteiger partial charge is 0.336 e. The topological polar surface area (TPSA) is 20.3 Å². The Morgan fingerprint density at radius 3 is 2.62 bits per heavy atom. The molecule has 16 heavy (non-hydrogen) atoms. The Labute approximate surface area is 94.3 Å². The molecule has 0 radical (unpaired) electrons. The van der Waals surface area contributed by atoms with Gasteiger partial charge in [-0.3, -0.25) is 4.79 Å². The SMILES string of the molecule is C=C[C@H]1CCCCN1C(=O)C1CC(F)(F)C1. The number of halogens is 2. The molecule has 0 spiro atoms. The third-order valence-electron chi connectivity index (χ3n) is 3.54. The van der Waals surface area contributed by atoms with E-state index < -0.39 is 11.8 Å². The highest BCUT2D eigenvalue weighted by Crippen LogP contribution is 2.43. The lowest BCUT2D eigenvalue weighted by Gasteiger charge is -2.41. The van der Waals surface area contributed by atoms with Gasteiger partial charge in [0, 0.05) is 31.3 Å². The van der Waals surface area contributed by atoms with Gasteiger partial charge in [-0.2, -0.15) is 0 Å². The molecule has 1 saturated heterocycles. The van der Waals surface area contributed by atoms with E-state index in [1.54, 1.807) is 11.0 Å². The summed E-state index contributed by atoms with van der Waals surface area (Å²) in [6.45, 7) is 4.40. The molecule has 0 aromatic rings. The van der Waals surface area contributed by atoms with Gasteiger partial charge in [0.05, 0.1) is 0 Å². The molecule has 0 aromatic carbocycles. The van der Waals surface area contributed by atoms with E-state index in [1.807, 2.05) is 0 Å². The minimum absolute atomic E-state index is 0.0514. The smallest absolute Gasteiger partial charge is 0.249 e. The third-order valence-corrected chi connectivity index (χ3v) is 3.54. The van der Waals surface area contributed by atoms with Gasteiger partial charge in [0.15, 0.2) is 0 Å². The number of nitrogens with zero attached hydrogens (tertiary/aromatic N) is 1. The minimum Gasteiger partial charge on any atom is -0.336 e. The van der Waals surface area contributed by atoms with Gasteiger partial charge in [-0.1, -0.05) is 6.08 Å². The van der Waals surface area contributed by atoms with Crippen LogP contribution in [-0.4, -0.2) is 29.3 Å². The fourth-order valence-electron chi connectivity index (χ4n) is 2.55. The Morgan fingerprint density at radius 2 is 2.06 bits per heavy atom. The molecule has 2 nitrogen and oxygen atoms in total. The van der Waals surface area contributed by atoms with Crippen LogP contribution in [0.4, 0.5) is 8.78 Å². The Bertz CT molecular complexity index is 295. The molecule has 2 rings (SSSR count). The van der Waals surface area contributed by atoms with Gasteiger partial charge in [0.25, 0.3) is 0 Å². The highest BCUT2D eigenvalue weighted by molar-refractivity contribution is 5.80. The number of rotatable bonds is 2. The lowest BCUT2D eigenvalue weighted by atomic mass is 9.79. The number of likely N-dealkylation sites (tertiary alicyclic amines) is 1. The second-order valence-electron chi connectivity index (χ2n) is 4.79. The average molecular weight is 229 g/mol. The maximum atomic E-state index is 12.7. The van der Waals surface area contributed by atoms with Crippen molar-refractivity contribution in [3.8, 4) is 0 Å². The normalized spacial score (nSPS) is 29.6. The second-order valence-corrected chi connectivity index (χ2v) is 4.79. The summed E-state index contributed by atoms with van der Waals surface area (Å²) in [5, 5.41) is 0. The van der Waals surface area contributed by atoms with Gasteiger partial charge in [-0.05, 0) is 19.3 Å². The van der Waals surface area contributed by atoms with Crippen LogP contribution in [0.25, 0.3) is 0 Å². The Balaban J connectivity index is 1.96. The summed E-state index contributed by atoms with van der Waals surface area (Å²) in [4.78, 5) is 13.7. The van der Waals surface area contributed by atoms with Gasteiger partial charge in [0.1, 0.15) is 0 Å². The monoisotopic (exact) mass is 229 g/mol. The minimum atomic E-state index is -2.61. The summed E-state index contributed by atoms with van der Waals surface area (Å²) in [7, 11) is 0. The first kappa shape index (κ1) is 11.6. The molecule has 1 atom stereocenters. The molecule has 2 aliphatic rings. The van der Waals surface area contributed by atoms with Crippen LogP contribution < -0.4 is 0 Å². The maximum Gasteiger partial charge on any atom is 0.249 e. The number of alkyl halides is 2. The third kappa shape index (κ3) is 2.11. The van der Waals surface area contributed by atoms with Crippen molar-refractivity contribution in [1.82, 2.24) is 4.90 Å². The quantitative estimate of drug-likeness (QED) is 0.666. The molecule has 1 aliphatic carbocycles. The van der Waals surface area contributed by atoms with Crippen LogP contribution in [0.1, 0.15) is 32.1 Å². The predicted molar refractivity (Wildman–Crippen MR) is 57.2 cm³/mol. The molecule has 0 unspecified atom stereocenters. The number of carbonyl (C=O) groups excluding carboxylic acids is 1. The van der Waals surface area contributed by atoms with E-state index in [9.17, 15) is 13.6 Å². The van der Waals surface area contributed by atoms with Crippen LogP contribution in [0, 0.1) is 5.92 Å². The fraction of sp³-hybridized carbons (Fsp3) is 0.750. The van der Waals surface area contributed by atoms with E-state index in [0.29, 0.717) is 6.54 Å². The van der Waals surface area contributed by atoms with Crippen LogP contribution in [0.2, 0.25) is 0 Å². The number of hydrogen-bond donors (Lipinski definition) is 0. The summed E-state index contributed by atoms with van der Waals surface area (Å²) in [5.41, 5.74) is 0. The van der Waals surface area contributed by atoms with Gasteiger partial charge in [-0.25, -0.2) is 8.78 Å².